The zero-order chi connectivity index (χ0) is 26.3. The number of hydrogen-bond donors (Lipinski definition) is 2. The van der Waals surface area contributed by atoms with Crippen LogP contribution in [0.25, 0.3) is 22.3 Å². The summed E-state index contributed by atoms with van der Waals surface area (Å²) in [5.74, 6) is -1.12. The van der Waals surface area contributed by atoms with E-state index >= 15 is 0 Å². The number of carbonyl (C=O) groups is 2. The van der Waals surface area contributed by atoms with Crippen LogP contribution in [-0.2, 0) is 16.0 Å². The number of amides is 1. The summed E-state index contributed by atoms with van der Waals surface area (Å²) in [6.07, 6.45) is 2.02. The Labute approximate surface area is 223 Å². The maximum atomic E-state index is 12.5. The van der Waals surface area contributed by atoms with E-state index in [1.165, 1.54) is 16.7 Å². The molecule has 5 heteroatoms. The molecular formula is C33H31NO4. The second-order valence-corrected chi connectivity index (χ2v) is 9.67. The normalized spacial score (nSPS) is 12.8. The third-order valence-corrected chi connectivity index (χ3v) is 7.20. The van der Waals surface area contributed by atoms with Gasteiger partial charge in [-0.1, -0.05) is 110 Å². The molecule has 5 rings (SSSR count). The summed E-state index contributed by atoms with van der Waals surface area (Å²) in [5, 5.41) is 12.2. The molecule has 5 nitrogen and oxygen atoms in total. The molecule has 0 heterocycles. The predicted octanol–water partition coefficient (Wildman–Crippen LogP) is 7.06. The van der Waals surface area contributed by atoms with Crippen LogP contribution in [0.3, 0.4) is 0 Å². The Hall–Kier alpha value is -4.38. The van der Waals surface area contributed by atoms with Gasteiger partial charge in [-0.05, 0) is 58.2 Å². The minimum Gasteiger partial charge on any atom is -0.480 e. The van der Waals surface area contributed by atoms with Crippen LogP contribution in [0.1, 0.15) is 41.9 Å². The highest BCUT2D eigenvalue weighted by molar-refractivity contribution is 5.81. The third kappa shape index (κ3) is 5.78. The summed E-state index contributed by atoms with van der Waals surface area (Å²) >= 11 is 0. The van der Waals surface area contributed by atoms with E-state index in [0.29, 0.717) is 12.8 Å². The molecule has 0 fully saturated rings. The number of carbonyl (C=O) groups excluding carboxylic acids is 1. The molecule has 0 aromatic heterocycles. The van der Waals surface area contributed by atoms with Gasteiger partial charge in [0.1, 0.15) is 12.6 Å². The van der Waals surface area contributed by atoms with Crippen molar-refractivity contribution in [2.24, 2.45) is 0 Å². The zero-order valence-corrected chi connectivity index (χ0v) is 21.2. The lowest BCUT2D eigenvalue weighted by molar-refractivity contribution is -0.139. The largest absolute Gasteiger partial charge is 0.480 e. The van der Waals surface area contributed by atoms with E-state index in [2.05, 4.69) is 66.0 Å². The van der Waals surface area contributed by atoms with Gasteiger partial charge in [0.15, 0.2) is 0 Å². The number of fused-ring (bicyclic) bond motifs is 3. The quantitative estimate of drug-likeness (QED) is 0.226. The molecule has 1 unspecified atom stereocenters. The molecule has 192 valence electrons. The van der Waals surface area contributed by atoms with Gasteiger partial charge in [-0.15, -0.1) is 0 Å². The van der Waals surface area contributed by atoms with Crippen molar-refractivity contribution in [3.8, 4) is 22.3 Å². The molecule has 0 saturated carbocycles. The van der Waals surface area contributed by atoms with E-state index in [1.54, 1.807) is 0 Å². The molecule has 0 aliphatic heterocycles. The number of unbranched alkanes of at least 4 members (excludes halogenated alkanes) is 1. The third-order valence-electron chi connectivity index (χ3n) is 7.20. The van der Waals surface area contributed by atoms with Crippen molar-refractivity contribution >= 4 is 12.1 Å². The minimum atomic E-state index is -1.05. The van der Waals surface area contributed by atoms with Gasteiger partial charge >= 0.3 is 12.1 Å². The van der Waals surface area contributed by atoms with Crippen LogP contribution < -0.4 is 5.32 Å². The average Bonchev–Trinajstić information content (AvgIpc) is 3.28. The topological polar surface area (TPSA) is 75.6 Å². The summed E-state index contributed by atoms with van der Waals surface area (Å²) in [5.41, 5.74) is 8.10. The maximum absolute atomic E-state index is 12.5. The van der Waals surface area contributed by atoms with E-state index in [4.69, 9.17) is 4.74 Å². The summed E-state index contributed by atoms with van der Waals surface area (Å²) in [6, 6.07) is 33.9. The molecular weight excluding hydrogens is 474 g/mol. The van der Waals surface area contributed by atoms with Gasteiger partial charge in [0.25, 0.3) is 0 Å². The summed E-state index contributed by atoms with van der Waals surface area (Å²) in [4.78, 5) is 24.3. The van der Waals surface area contributed by atoms with Crippen LogP contribution in [0.15, 0.2) is 103 Å². The average molecular weight is 506 g/mol. The molecule has 1 amide bonds. The fourth-order valence-electron chi connectivity index (χ4n) is 5.21. The van der Waals surface area contributed by atoms with Crippen LogP contribution >= 0.6 is 0 Å². The van der Waals surface area contributed by atoms with E-state index in [0.717, 1.165) is 35.1 Å². The van der Waals surface area contributed by atoms with Gasteiger partial charge in [-0.3, -0.25) is 0 Å². The summed E-state index contributed by atoms with van der Waals surface area (Å²) in [6.45, 7) is 0.158. The van der Waals surface area contributed by atoms with Crippen LogP contribution in [-0.4, -0.2) is 29.8 Å². The van der Waals surface area contributed by atoms with Crippen molar-refractivity contribution in [1.29, 1.82) is 0 Å². The fourth-order valence-corrected chi connectivity index (χ4v) is 5.21. The Morgan fingerprint density at radius 2 is 1.32 bits per heavy atom. The number of carboxylic acid groups (broad SMARTS) is 1. The number of aliphatic carboxylic acids is 1. The second-order valence-electron chi connectivity index (χ2n) is 9.67. The Bertz CT molecular complexity index is 1350. The Morgan fingerprint density at radius 3 is 1.95 bits per heavy atom. The Kier molecular flexibility index (Phi) is 7.84. The molecule has 38 heavy (non-hydrogen) atoms. The number of hydrogen-bond acceptors (Lipinski definition) is 3. The molecule has 0 spiro atoms. The van der Waals surface area contributed by atoms with E-state index in [1.807, 2.05) is 42.5 Å². The first-order valence-electron chi connectivity index (χ1n) is 13.1. The first-order chi connectivity index (χ1) is 18.6. The molecule has 0 saturated heterocycles. The fraction of sp³-hybridized carbons (Fsp3) is 0.212. The summed E-state index contributed by atoms with van der Waals surface area (Å²) in [7, 11) is 0. The van der Waals surface area contributed by atoms with Crippen LogP contribution in [0.4, 0.5) is 4.79 Å². The maximum Gasteiger partial charge on any atom is 0.407 e. The number of benzene rings is 4. The molecule has 1 aliphatic carbocycles. The molecule has 0 radical (unpaired) electrons. The second kappa shape index (κ2) is 11.8. The van der Waals surface area contributed by atoms with Gasteiger partial charge in [0, 0.05) is 5.92 Å². The van der Waals surface area contributed by atoms with Gasteiger partial charge in [-0.25, -0.2) is 9.59 Å². The van der Waals surface area contributed by atoms with Crippen molar-refractivity contribution in [1.82, 2.24) is 5.32 Å². The molecule has 4 aromatic carbocycles. The van der Waals surface area contributed by atoms with Crippen molar-refractivity contribution < 1.29 is 19.4 Å². The SMILES string of the molecule is O=C(NC(CCCCc1ccc(-c2ccccc2)cc1)C(=O)O)OCC1c2ccccc2-c2ccccc21. The first kappa shape index (κ1) is 25.3. The predicted molar refractivity (Wildman–Crippen MR) is 149 cm³/mol. The van der Waals surface area contributed by atoms with Gasteiger partial charge in [-0.2, -0.15) is 0 Å². The number of nitrogens with one attached hydrogen (secondary N) is 1. The van der Waals surface area contributed by atoms with Crippen molar-refractivity contribution in [2.45, 2.75) is 37.6 Å². The monoisotopic (exact) mass is 505 g/mol. The van der Waals surface area contributed by atoms with Crippen LogP contribution in [0, 0.1) is 0 Å². The number of alkyl carbamates (subject to hydrolysis) is 1. The summed E-state index contributed by atoms with van der Waals surface area (Å²) < 4.78 is 5.53. The van der Waals surface area contributed by atoms with E-state index in [9.17, 15) is 14.7 Å². The number of ether oxygens (including phenoxy) is 1. The molecule has 0 bridgehead atoms. The van der Waals surface area contributed by atoms with E-state index < -0.39 is 18.1 Å². The molecule has 4 aromatic rings. The molecule has 1 aliphatic rings. The molecule has 1 atom stereocenters. The first-order valence-corrected chi connectivity index (χ1v) is 13.1. The number of carboxylic acids is 1. The highest BCUT2D eigenvalue weighted by Gasteiger charge is 2.29. The Morgan fingerprint density at radius 1 is 0.737 bits per heavy atom. The van der Waals surface area contributed by atoms with Crippen LogP contribution in [0.2, 0.25) is 0 Å². The number of aryl methyl sites for hydroxylation is 1. The van der Waals surface area contributed by atoms with Crippen molar-refractivity contribution in [3.05, 3.63) is 120 Å². The van der Waals surface area contributed by atoms with Crippen molar-refractivity contribution in [2.75, 3.05) is 6.61 Å². The number of rotatable bonds is 10. The van der Waals surface area contributed by atoms with Crippen molar-refractivity contribution in [3.63, 3.8) is 0 Å². The smallest absolute Gasteiger partial charge is 0.407 e. The highest BCUT2D eigenvalue weighted by atomic mass is 16.5. The highest BCUT2D eigenvalue weighted by Crippen LogP contribution is 2.44. The van der Waals surface area contributed by atoms with Gasteiger partial charge in [0.05, 0.1) is 0 Å². The van der Waals surface area contributed by atoms with Gasteiger partial charge < -0.3 is 15.2 Å². The van der Waals surface area contributed by atoms with E-state index in [-0.39, 0.29) is 12.5 Å². The lowest BCUT2D eigenvalue weighted by Gasteiger charge is -2.17. The van der Waals surface area contributed by atoms with Crippen LogP contribution in [0.5, 0.6) is 0 Å². The molecule has 2 N–H and O–H groups in total. The lowest BCUT2D eigenvalue weighted by Crippen LogP contribution is -2.41. The Balaban J connectivity index is 1.10. The standard InChI is InChI=1S/C33H31NO4/c35-32(36)31(17-9-4-10-23-18-20-25(21-19-23)24-11-2-1-3-12-24)34-33(37)38-22-30-28-15-7-5-13-26(28)27-14-6-8-16-29(27)30/h1-3,5-8,11-16,18-21,30-31H,4,9-10,17,22H2,(H,34,37)(H,35,36). The van der Waals surface area contributed by atoms with Gasteiger partial charge in [0.2, 0.25) is 0 Å². The minimum absolute atomic E-state index is 0.0651. The lowest BCUT2D eigenvalue weighted by atomic mass is 9.98. The zero-order valence-electron chi connectivity index (χ0n) is 21.2.